The molecule has 0 saturated carbocycles. The Kier molecular flexibility index (Phi) is 9.09. The molecule has 0 saturated heterocycles. The first-order chi connectivity index (χ1) is 18.1. The van der Waals surface area contributed by atoms with E-state index in [1.165, 1.54) is 54.3 Å². The first-order valence-corrected chi connectivity index (χ1v) is 12.6. The van der Waals surface area contributed by atoms with Crippen molar-refractivity contribution in [3.63, 3.8) is 0 Å². The minimum atomic E-state index is -5.13. The van der Waals surface area contributed by atoms with Crippen LogP contribution in [0.25, 0.3) is 0 Å². The van der Waals surface area contributed by atoms with Crippen LogP contribution in [0.5, 0.6) is 0 Å². The van der Waals surface area contributed by atoms with Crippen LogP contribution in [0.2, 0.25) is 0 Å². The van der Waals surface area contributed by atoms with Crippen molar-refractivity contribution >= 4 is 23.2 Å². The third-order valence-corrected chi connectivity index (χ3v) is 6.97. The average Bonchev–Trinajstić information content (AvgIpc) is 3.25. The highest BCUT2D eigenvalue weighted by molar-refractivity contribution is 7.10. The Balaban J connectivity index is 1.94. The van der Waals surface area contributed by atoms with Gasteiger partial charge < -0.3 is 9.80 Å². The van der Waals surface area contributed by atoms with Crippen molar-refractivity contribution in [2.24, 2.45) is 0 Å². The number of amides is 2. The van der Waals surface area contributed by atoms with Crippen LogP contribution < -0.4 is 0 Å². The molecule has 4 nitrogen and oxygen atoms in total. The Bertz CT molecular complexity index is 1280. The van der Waals surface area contributed by atoms with Crippen molar-refractivity contribution < 1.29 is 40.3 Å². The van der Waals surface area contributed by atoms with Crippen LogP contribution in [-0.2, 0) is 30.2 Å². The number of nitrogens with zero attached hydrogens (tertiary/aromatic N) is 2. The molecular formula is C27H25F7N2O2S. The molecule has 2 aromatic carbocycles. The number of hydrogen-bond donors (Lipinski definition) is 0. The molecule has 210 valence electrons. The molecular weight excluding hydrogens is 549 g/mol. The van der Waals surface area contributed by atoms with Gasteiger partial charge in [0.1, 0.15) is 12.4 Å². The second kappa shape index (κ2) is 11.8. The summed E-state index contributed by atoms with van der Waals surface area (Å²) in [5.74, 6) is -2.21. The van der Waals surface area contributed by atoms with Gasteiger partial charge in [-0.1, -0.05) is 12.1 Å². The molecule has 3 aromatic rings. The number of rotatable bonds is 8. The van der Waals surface area contributed by atoms with Crippen molar-refractivity contribution in [3.8, 4) is 0 Å². The predicted octanol–water partition coefficient (Wildman–Crippen LogP) is 7.31. The highest BCUT2D eigenvalue weighted by atomic mass is 32.1. The molecule has 0 aliphatic heterocycles. The number of thiophene rings is 1. The van der Waals surface area contributed by atoms with Gasteiger partial charge in [-0.25, -0.2) is 4.39 Å². The third kappa shape index (κ3) is 7.81. The Morgan fingerprint density at radius 2 is 1.44 bits per heavy atom. The Labute approximate surface area is 224 Å². The van der Waals surface area contributed by atoms with Gasteiger partial charge in [0.2, 0.25) is 5.91 Å². The van der Waals surface area contributed by atoms with Gasteiger partial charge in [-0.2, -0.15) is 26.3 Å². The zero-order chi connectivity index (χ0) is 29.1. The lowest BCUT2D eigenvalue weighted by Crippen LogP contribution is -2.45. The Hall–Kier alpha value is -3.41. The SMILES string of the molecule is Cc1ccsc1CN(Cc1ccc(F)cc1)C(=O)CN(C(=O)c1cc(C(F)(F)F)cc(C(F)(F)F)c1)C(C)C. The quantitative estimate of drug-likeness (QED) is 0.265. The van der Waals surface area contributed by atoms with Gasteiger partial charge in [0.25, 0.3) is 5.91 Å². The maximum absolute atomic E-state index is 13.5. The van der Waals surface area contributed by atoms with Crippen molar-refractivity contribution in [2.75, 3.05) is 6.54 Å². The maximum Gasteiger partial charge on any atom is 0.416 e. The molecule has 0 fully saturated rings. The molecule has 0 unspecified atom stereocenters. The van der Waals surface area contributed by atoms with E-state index in [0.717, 1.165) is 15.3 Å². The molecule has 0 N–H and O–H groups in total. The lowest BCUT2D eigenvalue weighted by Gasteiger charge is -2.30. The van der Waals surface area contributed by atoms with E-state index < -0.39 is 59.3 Å². The van der Waals surface area contributed by atoms with Crippen LogP contribution in [0.15, 0.2) is 53.9 Å². The number of hydrogen-bond acceptors (Lipinski definition) is 3. The van der Waals surface area contributed by atoms with E-state index in [1.54, 1.807) is 0 Å². The van der Waals surface area contributed by atoms with Crippen LogP contribution in [0, 0.1) is 12.7 Å². The molecule has 2 amide bonds. The highest BCUT2D eigenvalue weighted by Crippen LogP contribution is 2.36. The molecule has 0 spiro atoms. The van der Waals surface area contributed by atoms with Crippen LogP contribution in [0.4, 0.5) is 30.7 Å². The first kappa shape index (κ1) is 30.1. The van der Waals surface area contributed by atoms with Crippen molar-refractivity contribution in [1.29, 1.82) is 0 Å². The van der Waals surface area contributed by atoms with Gasteiger partial charge in [0.05, 0.1) is 17.7 Å². The van der Waals surface area contributed by atoms with Crippen molar-refractivity contribution in [2.45, 2.75) is 52.3 Å². The lowest BCUT2D eigenvalue weighted by atomic mass is 10.0. The first-order valence-electron chi connectivity index (χ1n) is 11.7. The third-order valence-electron chi connectivity index (χ3n) is 5.97. The largest absolute Gasteiger partial charge is 0.416 e. The fraction of sp³-hybridized carbons (Fsp3) is 0.333. The van der Waals surface area contributed by atoms with E-state index in [1.807, 2.05) is 18.4 Å². The van der Waals surface area contributed by atoms with Crippen molar-refractivity contribution in [3.05, 3.63) is 92.4 Å². The molecule has 39 heavy (non-hydrogen) atoms. The van der Waals surface area contributed by atoms with Gasteiger partial charge in [-0.3, -0.25) is 9.59 Å². The Morgan fingerprint density at radius 3 is 1.90 bits per heavy atom. The summed E-state index contributed by atoms with van der Waals surface area (Å²) in [5, 5.41) is 1.83. The summed E-state index contributed by atoms with van der Waals surface area (Å²) in [5.41, 5.74) is -2.58. The molecule has 0 radical (unpaired) electrons. The van der Waals surface area contributed by atoms with Crippen LogP contribution in [0.3, 0.4) is 0 Å². The molecule has 0 atom stereocenters. The minimum Gasteiger partial charge on any atom is -0.332 e. The normalized spacial score (nSPS) is 12.1. The number of alkyl halides is 6. The topological polar surface area (TPSA) is 40.6 Å². The van der Waals surface area contributed by atoms with Crippen LogP contribution in [0.1, 0.15) is 51.3 Å². The zero-order valence-electron chi connectivity index (χ0n) is 21.2. The average molecular weight is 575 g/mol. The summed E-state index contributed by atoms with van der Waals surface area (Å²) in [6.45, 7) is 4.43. The highest BCUT2D eigenvalue weighted by Gasteiger charge is 2.38. The summed E-state index contributed by atoms with van der Waals surface area (Å²) in [6.07, 6.45) is -10.3. The van der Waals surface area contributed by atoms with Crippen LogP contribution in [-0.4, -0.2) is 34.2 Å². The summed E-state index contributed by atoms with van der Waals surface area (Å²) >= 11 is 1.40. The summed E-state index contributed by atoms with van der Waals surface area (Å²) in [7, 11) is 0. The van der Waals surface area contributed by atoms with Crippen molar-refractivity contribution in [1.82, 2.24) is 9.80 Å². The maximum atomic E-state index is 13.5. The van der Waals surface area contributed by atoms with Gasteiger partial charge in [-0.15, -0.1) is 11.3 Å². The number of carbonyl (C=O) groups is 2. The number of halogens is 7. The summed E-state index contributed by atoms with van der Waals surface area (Å²) in [4.78, 5) is 29.9. The van der Waals surface area contributed by atoms with Crippen LogP contribution >= 0.6 is 11.3 Å². The fourth-order valence-electron chi connectivity index (χ4n) is 3.76. The summed E-state index contributed by atoms with van der Waals surface area (Å²) in [6, 6.07) is 7.19. The standard InChI is InChI=1S/C27H25F7N2O2S/c1-16(2)36(25(38)19-10-20(26(29,30)31)12-21(11-19)27(32,33)34)15-24(37)35(14-23-17(3)8-9-39-23)13-18-4-6-22(28)7-5-18/h4-12,16H,13-15H2,1-3H3. The van der Waals surface area contributed by atoms with E-state index in [0.29, 0.717) is 17.7 Å². The molecule has 0 bridgehead atoms. The zero-order valence-corrected chi connectivity index (χ0v) is 22.0. The van der Waals surface area contributed by atoms with E-state index in [-0.39, 0.29) is 19.2 Å². The van der Waals surface area contributed by atoms with E-state index in [9.17, 15) is 40.3 Å². The van der Waals surface area contributed by atoms with Gasteiger partial charge in [-0.05, 0) is 73.7 Å². The molecule has 1 aromatic heterocycles. The summed E-state index contributed by atoms with van der Waals surface area (Å²) < 4.78 is 93.5. The Morgan fingerprint density at radius 1 is 0.872 bits per heavy atom. The predicted molar refractivity (Wildman–Crippen MR) is 132 cm³/mol. The van der Waals surface area contributed by atoms with E-state index >= 15 is 0 Å². The molecule has 3 rings (SSSR count). The smallest absolute Gasteiger partial charge is 0.332 e. The fourth-order valence-corrected chi connectivity index (χ4v) is 4.68. The van der Waals surface area contributed by atoms with Gasteiger partial charge >= 0.3 is 12.4 Å². The number of benzene rings is 2. The second-order valence-corrected chi connectivity index (χ2v) is 10.2. The van der Waals surface area contributed by atoms with E-state index in [4.69, 9.17) is 0 Å². The van der Waals surface area contributed by atoms with Gasteiger partial charge in [0.15, 0.2) is 0 Å². The monoisotopic (exact) mass is 574 g/mol. The van der Waals surface area contributed by atoms with Gasteiger partial charge in [0, 0.05) is 23.0 Å². The molecule has 0 aliphatic carbocycles. The minimum absolute atomic E-state index is 0.0400. The number of aryl methyl sites for hydroxylation is 1. The lowest BCUT2D eigenvalue weighted by molar-refractivity contribution is -0.143. The second-order valence-electron chi connectivity index (χ2n) is 9.22. The van der Waals surface area contributed by atoms with E-state index in [2.05, 4.69) is 0 Å². The number of carbonyl (C=O) groups excluding carboxylic acids is 2. The molecule has 0 aliphatic rings. The molecule has 1 heterocycles. The molecule has 12 heteroatoms.